The zero-order valence-electron chi connectivity index (χ0n) is 11.4. The molecule has 1 fully saturated rings. The van der Waals surface area contributed by atoms with Crippen LogP contribution < -0.4 is 5.32 Å². The molecule has 0 radical (unpaired) electrons. The maximum atomic E-state index is 12.2. The molecule has 0 aromatic heterocycles. The molecule has 0 aliphatic carbocycles. The van der Waals surface area contributed by atoms with Gasteiger partial charge in [0, 0.05) is 13.1 Å². The van der Waals surface area contributed by atoms with Gasteiger partial charge in [-0.15, -0.1) is 0 Å². The van der Waals surface area contributed by atoms with Gasteiger partial charge in [-0.3, -0.25) is 4.79 Å². The Balaban J connectivity index is 2.00. The van der Waals surface area contributed by atoms with Gasteiger partial charge in [0.1, 0.15) is 0 Å². The van der Waals surface area contributed by atoms with E-state index in [0.717, 1.165) is 31.4 Å². The Morgan fingerprint density at radius 1 is 1.25 bits per heavy atom. The molecule has 1 aromatic carbocycles. The van der Waals surface area contributed by atoms with Gasteiger partial charge < -0.3 is 15.3 Å². The van der Waals surface area contributed by atoms with Crippen LogP contribution in [0, 0.1) is 0 Å². The minimum Gasteiger partial charge on any atom is -0.481 e. The van der Waals surface area contributed by atoms with E-state index in [4.69, 9.17) is 5.11 Å². The Bertz CT molecular complexity index is 461. The Kier molecular flexibility index (Phi) is 4.98. The fourth-order valence-electron chi connectivity index (χ4n) is 2.57. The molecule has 108 valence electrons. The van der Waals surface area contributed by atoms with E-state index >= 15 is 0 Å². The molecule has 1 heterocycles. The highest BCUT2D eigenvalue weighted by Crippen LogP contribution is 2.30. The minimum absolute atomic E-state index is 0.0460. The van der Waals surface area contributed by atoms with E-state index in [1.807, 2.05) is 35.2 Å². The summed E-state index contributed by atoms with van der Waals surface area (Å²) in [7, 11) is 0. The van der Waals surface area contributed by atoms with Gasteiger partial charge in [0.25, 0.3) is 0 Å². The Morgan fingerprint density at radius 2 is 2.00 bits per heavy atom. The number of carboxylic acid groups (broad SMARTS) is 1. The van der Waals surface area contributed by atoms with Crippen LogP contribution in [0.25, 0.3) is 0 Å². The summed E-state index contributed by atoms with van der Waals surface area (Å²) in [5.74, 6) is -0.899. The van der Waals surface area contributed by atoms with E-state index in [2.05, 4.69) is 5.32 Å². The lowest BCUT2D eigenvalue weighted by atomic mass is 9.95. The Morgan fingerprint density at radius 3 is 2.70 bits per heavy atom. The molecule has 2 N–H and O–H groups in total. The van der Waals surface area contributed by atoms with Crippen molar-refractivity contribution < 1.29 is 14.7 Å². The van der Waals surface area contributed by atoms with Gasteiger partial charge in [0.05, 0.1) is 12.5 Å². The molecule has 1 atom stereocenters. The van der Waals surface area contributed by atoms with Crippen LogP contribution in [-0.2, 0) is 4.79 Å². The molecular formula is C15H20N2O3. The van der Waals surface area contributed by atoms with Gasteiger partial charge >= 0.3 is 12.0 Å². The molecule has 0 bridgehead atoms. The highest BCUT2D eigenvalue weighted by atomic mass is 16.4. The van der Waals surface area contributed by atoms with Crippen LogP contribution in [0.4, 0.5) is 4.79 Å². The quantitative estimate of drug-likeness (QED) is 0.887. The summed E-state index contributed by atoms with van der Waals surface area (Å²) in [6.07, 6.45) is 3.01. The summed E-state index contributed by atoms with van der Waals surface area (Å²) >= 11 is 0. The van der Waals surface area contributed by atoms with Crippen molar-refractivity contribution in [2.24, 2.45) is 0 Å². The topological polar surface area (TPSA) is 69.6 Å². The smallest absolute Gasteiger partial charge is 0.317 e. The number of amides is 2. The number of carbonyl (C=O) groups excluding carboxylic acids is 1. The highest BCUT2D eigenvalue weighted by molar-refractivity contribution is 5.75. The van der Waals surface area contributed by atoms with Gasteiger partial charge in [-0.2, -0.15) is 0 Å². The largest absolute Gasteiger partial charge is 0.481 e. The number of nitrogens with one attached hydrogen (secondary N) is 1. The zero-order chi connectivity index (χ0) is 14.4. The van der Waals surface area contributed by atoms with Crippen molar-refractivity contribution >= 4 is 12.0 Å². The number of benzene rings is 1. The van der Waals surface area contributed by atoms with E-state index in [1.54, 1.807) is 0 Å². The summed E-state index contributed by atoms with van der Waals surface area (Å²) in [6, 6.07) is 9.91. The van der Waals surface area contributed by atoms with Gasteiger partial charge in [-0.1, -0.05) is 30.3 Å². The molecule has 1 unspecified atom stereocenters. The molecule has 2 amide bonds. The Labute approximate surface area is 118 Å². The van der Waals surface area contributed by atoms with Gasteiger partial charge in [0.2, 0.25) is 0 Å². The number of hydrogen-bond donors (Lipinski definition) is 2. The van der Waals surface area contributed by atoms with E-state index in [0.29, 0.717) is 0 Å². The van der Waals surface area contributed by atoms with Crippen LogP contribution >= 0.6 is 0 Å². The molecule has 20 heavy (non-hydrogen) atoms. The lowest BCUT2D eigenvalue weighted by molar-refractivity contribution is -0.136. The third-order valence-corrected chi connectivity index (χ3v) is 3.56. The average molecular weight is 276 g/mol. The molecule has 1 saturated heterocycles. The lowest BCUT2D eigenvalue weighted by Crippen LogP contribution is -2.45. The number of rotatable bonds is 4. The first-order valence-electron chi connectivity index (χ1n) is 6.99. The number of piperidine rings is 1. The van der Waals surface area contributed by atoms with Crippen molar-refractivity contribution in [3.63, 3.8) is 0 Å². The lowest BCUT2D eigenvalue weighted by Gasteiger charge is -2.36. The molecule has 1 aliphatic heterocycles. The molecule has 0 saturated carbocycles. The van der Waals surface area contributed by atoms with Crippen molar-refractivity contribution in [2.75, 3.05) is 13.1 Å². The van der Waals surface area contributed by atoms with Crippen molar-refractivity contribution in [3.8, 4) is 0 Å². The maximum absolute atomic E-state index is 12.2. The van der Waals surface area contributed by atoms with Crippen molar-refractivity contribution in [3.05, 3.63) is 35.9 Å². The number of carboxylic acids is 1. The number of hydrogen-bond acceptors (Lipinski definition) is 2. The molecule has 0 spiro atoms. The number of likely N-dealkylation sites (tertiary alicyclic amines) is 1. The second-order valence-corrected chi connectivity index (χ2v) is 4.99. The minimum atomic E-state index is -0.899. The summed E-state index contributed by atoms with van der Waals surface area (Å²) in [5.41, 5.74) is 1.14. The molecule has 5 heteroatoms. The SMILES string of the molecule is O=C(O)CCNC(=O)N1CCCCC1c1ccccc1. The second kappa shape index (κ2) is 6.93. The molecule has 1 aliphatic rings. The van der Waals surface area contributed by atoms with Crippen molar-refractivity contribution in [1.29, 1.82) is 0 Å². The van der Waals surface area contributed by atoms with Crippen molar-refractivity contribution in [1.82, 2.24) is 10.2 Å². The summed E-state index contributed by atoms with van der Waals surface area (Å²) in [6.45, 7) is 0.893. The third kappa shape index (κ3) is 3.73. The van der Waals surface area contributed by atoms with Crippen LogP contribution in [0.3, 0.4) is 0 Å². The van der Waals surface area contributed by atoms with Gasteiger partial charge in [0.15, 0.2) is 0 Å². The third-order valence-electron chi connectivity index (χ3n) is 3.56. The van der Waals surface area contributed by atoms with E-state index < -0.39 is 5.97 Å². The molecule has 1 aromatic rings. The first-order valence-corrected chi connectivity index (χ1v) is 6.99. The molecule has 2 rings (SSSR count). The van der Waals surface area contributed by atoms with Crippen LogP contribution in [-0.4, -0.2) is 35.1 Å². The van der Waals surface area contributed by atoms with E-state index in [9.17, 15) is 9.59 Å². The first-order chi connectivity index (χ1) is 9.68. The predicted octanol–water partition coefficient (Wildman–Crippen LogP) is 2.40. The monoisotopic (exact) mass is 276 g/mol. The van der Waals surface area contributed by atoms with Crippen LogP contribution in [0.5, 0.6) is 0 Å². The van der Waals surface area contributed by atoms with Crippen LogP contribution in [0.1, 0.15) is 37.3 Å². The number of nitrogens with zero attached hydrogens (tertiary/aromatic N) is 1. The maximum Gasteiger partial charge on any atom is 0.317 e. The zero-order valence-corrected chi connectivity index (χ0v) is 11.4. The summed E-state index contributed by atoms with van der Waals surface area (Å²) in [4.78, 5) is 24.5. The van der Waals surface area contributed by atoms with Crippen molar-refractivity contribution in [2.45, 2.75) is 31.7 Å². The number of aliphatic carboxylic acids is 1. The van der Waals surface area contributed by atoms with E-state index in [1.165, 1.54) is 0 Å². The summed E-state index contributed by atoms with van der Waals surface area (Å²) < 4.78 is 0. The summed E-state index contributed by atoms with van der Waals surface area (Å²) in [5, 5.41) is 11.3. The fourth-order valence-corrected chi connectivity index (χ4v) is 2.57. The predicted molar refractivity (Wildman–Crippen MR) is 75.4 cm³/mol. The number of carbonyl (C=O) groups is 2. The highest BCUT2D eigenvalue weighted by Gasteiger charge is 2.27. The standard InChI is InChI=1S/C15H20N2O3/c18-14(19)9-10-16-15(20)17-11-5-4-8-13(17)12-6-2-1-3-7-12/h1-3,6-7,13H,4-5,8-11H2,(H,16,20)(H,18,19). The molecular weight excluding hydrogens is 256 g/mol. The normalized spacial score (nSPS) is 18.6. The molecule has 5 nitrogen and oxygen atoms in total. The van der Waals surface area contributed by atoms with Gasteiger partial charge in [-0.25, -0.2) is 4.79 Å². The van der Waals surface area contributed by atoms with Crippen LogP contribution in [0.2, 0.25) is 0 Å². The average Bonchev–Trinajstić information content (AvgIpc) is 2.47. The van der Waals surface area contributed by atoms with Gasteiger partial charge in [-0.05, 0) is 24.8 Å². The van der Waals surface area contributed by atoms with Crippen LogP contribution in [0.15, 0.2) is 30.3 Å². The Hall–Kier alpha value is -2.04. The second-order valence-electron chi connectivity index (χ2n) is 4.99. The van der Waals surface area contributed by atoms with E-state index in [-0.39, 0.29) is 25.0 Å². The number of urea groups is 1. The fraction of sp³-hybridized carbons (Fsp3) is 0.467. The first kappa shape index (κ1) is 14.4.